The van der Waals surface area contributed by atoms with E-state index in [1.54, 1.807) is 0 Å². The van der Waals surface area contributed by atoms with Gasteiger partial charge in [-0.3, -0.25) is 14.6 Å². The number of hydrogen-bond acceptors (Lipinski definition) is 3. The van der Waals surface area contributed by atoms with E-state index in [0.717, 1.165) is 43.5 Å². The van der Waals surface area contributed by atoms with E-state index in [1.165, 1.54) is 5.56 Å². The summed E-state index contributed by atoms with van der Waals surface area (Å²) in [5.41, 5.74) is 1.34. The fraction of sp³-hybridized carbons (Fsp3) is 0.562. The Morgan fingerprint density at radius 3 is 2.62 bits per heavy atom. The van der Waals surface area contributed by atoms with Crippen molar-refractivity contribution in [1.29, 1.82) is 0 Å². The monoisotopic (exact) mass is 354 g/mol. The summed E-state index contributed by atoms with van der Waals surface area (Å²) in [5, 5.41) is 8.89. The van der Waals surface area contributed by atoms with Crippen molar-refractivity contribution in [2.45, 2.75) is 25.8 Å². The summed E-state index contributed by atoms with van der Waals surface area (Å²) in [6.45, 7) is 6.15. The second kappa shape index (κ2) is 7.92. The lowest BCUT2D eigenvalue weighted by Crippen LogP contribution is -2.38. The molecule has 0 aromatic heterocycles. The zero-order valence-corrected chi connectivity index (χ0v) is 14.1. The minimum atomic E-state index is -0.730. The molecule has 1 aliphatic heterocycles. The van der Waals surface area contributed by atoms with Gasteiger partial charge in [0.15, 0.2) is 0 Å². The number of carboxylic acid groups (broad SMARTS) is 1. The van der Waals surface area contributed by atoms with Gasteiger partial charge in [0.2, 0.25) is 0 Å². The highest BCUT2D eigenvalue weighted by Crippen LogP contribution is 2.15. The molecule has 0 radical (unpaired) electrons. The Kier molecular flexibility index (Phi) is 6.21. The van der Waals surface area contributed by atoms with Gasteiger partial charge in [0.25, 0.3) is 0 Å². The Bertz CT molecular complexity index is 464. The topological polar surface area (TPSA) is 43.8 Å². The van der Waals surface area contributed by atoms with E-state index in [9.17, 15) is 4.79 Å². The highest BCUT2D eigenvalue weighted by atomic mass is 79.9. The molecule has 0 saturated carbocycles. The van der Waals surface area contributed by atoms with Crippen molar-refractivity contribution in [2.75, 3.05) is 32.7 Å². The van der Waals surface area contributed by atoms with E-state index in [2.05, 4.69) is 52.0 Å². The average molecular weight is 355 g/mol. The molecule has 1 aliphatic rings. The average Bonchev–Trinajstić information content (AvgIpc) is 2.66. The summed E-state index contributed by atoms with van der Waals surface area (Å²) in [4.78, 5) is 15.3. The number of carbonyl (C=O) groups is 1. The molecule has 0 amide bonds. The number of hydrogen-bond donors (Lipinski definition) is 1. The van der Waals surface area contributed by atoms with Gasteiger partial charge in [-0.15, -0.1) is 0 Å². The van der Waals surface area contributed by atoms with Crippen LogP contribution in [0.1, 0.15) is 18.9 Å². The Morgan fingerprint density at radius 1 is 1.24 bits per heavy atom. The number of carboxylic acids is 1. The maximum absolute atomic E-state index is 10.8. The fourth-order valence-corrected chi connectivity index (χ4v) is 3.14. The molecule has 1 fully saturated rings. The number of nitrogens with zero attached hydrogens (tertiary/aromatic N) is 2. The highest BCUT2D eigenvalue weighted by molar-refractivity contribution is 9.10. The van der Waals surface area contributed by atoms with Gasteiger partial charge < -0.3 is 5.11 Å². The molecular formula is C16H23BrN2O2. The van der Waals surface area contributed by atoms with Gasteiger partial charge in [-0.25, -0.2) is 0 Å². The Morgan fingerprint density at radius 2 is 1.95 bits per heavy atom. The molecule has 1 N–H and O–H groups in total. The molecule has 1 atom stereocenters. The van der Waals surface area contributed by atoms with Gasteiger partial charge in [0, 0.05) is 30.1 Å². The van der Waals surface area contributed by atoms with Crippen LogP contribution >= 0.6 is 15.9 Å². The van der Waals surface area contributed by atoms with Gasteiger partial charge in [-0.2, -0.15) is 0 Å². The molecule has 0 spiro atoms. The van der Waals surface area contributed by atoms with E-state index in [1.807, 2.05) is 4.90 Å². The van der Waals surface area contributed by atoms with Gasteiger partial charge in [-0.1, -0.05) is 28.1 Å². The van der Waals surface area contributed by atoms with Crippen LogP contribution in [0.15, 0.2) is 28.7 Å². The van der Waals surface area contributed by atoms with Crippen LogP contribution in [0.25, 0.3) is 0 Å². The van der Waals surface area contributed by atoms with Crippen LogP contribution in [0.2, 0.25) is 0 Å². The first-order valence-corrected chi connectivity index (χ1v) is 8.26. The lowest BCUT2D eigenvalue weighted by Gasteiger charge is -2.28. The van der Waals surface area contributed by atoms with Gasteiger partial charge >= 0.3 is 5.97 Å². The lowest BCUT2D eigenvalue weighted by molar-refractivity contribution is -0.138. The second-order valence-corrected chi connectivity index (χ2v) is 6.65. The first kappa shape index (κ1) is 16.5. The van der Waals surface area contributed by atoms with Gasteiger partial charge in [0.05, 0.1) is 6.54 Å². The molecule has 116 valence electrons. The molecule has 2 rings (SSSR count). The first-order chi connectivity index (χ1) is 10.0. The maximum atomic E-state index is 10.8. The van der Waals surface area contributed by atoms with Crippen LogP contribution in [0.3, 0.4) is 0 Å². The van der Waals surface area contributed by atoms with E-state index in [4.69, 9.17) is 5.11 Å². The van der Waals surface area contributed by atoms with Gasteiger partial charge in [0.1, 0.15) is 0 Å². The van der Waals surface area contributed by atoms with Crippen molar-refractivity contribution < 1.29 is 9.90 Å². The SMILES string of the molecule is CC(Cc1ccc(Br)cc1)N1CCCN(CC(=O)O)CC1. The summed E-state index contributed by atoms with van der Waals surface area (Å²) in [6, 6.07) is 8.97. The number of halogens is 1. The molecule has 1 heterocycles. The first-order valence-electron chi connectivity index (χ1n) is 7.47. The summed E-state index contributed by atoms with van der Waals surface area (Å²) in [7, 11) is 0. The normalized spacial score (nSPS) is 19.1. The third kappa shape index (κ3) is 5.41. The summed E-state index contributed by atoms with van der Waals surface area (Å²) in [6.07, 6.45) is 2.07. The third-order valence-electron chi connectivity index (χ3n) is 4.05. The van der Waals surface area contributed by atoms with E-state index in [-0.39, 0.29) is 6.54 Å². The van der Waals surface area contributed by atoms with Crippen LogP contribution in [0, 0.1) is 0 Å². The number of rotatable bonds is 5. The van der Waals surface area contributed by atoms with Crippen molar-refractivity contribution in [3.8, 4) is 0 Å². The van der Waals surface area contributed by atoms with Crippen LogP contribution in [-0.4, -0.2) is 59.6 Å². The fourth-order valence-electron chi connectivity index (χ4n) is 2.87. The molecule has 1 unspecified atom stereocenters. The molecule has 5 heteroatoms. The molecular weight excluding hydrogens is 332 g/mol. The Balaban J connectivity index is 1.86. The minimum absolute atomic E-state index is 0.162. The lowest BCUT2D eigenvalue weighted by atomic mass is 10.1. The molecule has 0 aliphatic carbocycles. The predicted molar refractivity (Wildman–Crippen MR) is 87.6 cm³/mol. The van der Waals surface area contributed by atoms with Gasteiger partial charge in [-0.05, 0) is 44.0 Å². The van der Waals surface area contributed by atoms with E-state index >= 15 is 0 Å². The molecule has 0 bridgehead atoms. The van der Waals surface area contributed by atoms with E-state index in [0.29, 0.717) is 6.04 Å². The highest BCUT2D eigenvalue weighted by Gasteiger charge is 2.20. The largest absolute Gasteiger partial charge is 0.480 e. The van der Waals surface area contributed by atoms with Crippen molar-refractivity contribution in [1.82, 2.24) is 9.80 Å². The second-order valence-electron chi connectivity index (χ2n) is 5.74. The summed E-state index contributed by atoms with van der Waals surface area (Å²) < 4.78 is 1.11. The van der Waals surface area contributed by atoms with Crippen molar-refractivity contribution in [2.24, 2.45) is 0 Å². The van der Waals surface area contributed by atoms with E-state index < -0.39 is 5.97 Å². The van der Waals surface area contributed by atoms with Crippen molar-refractivity contribution in [3.63, 3.8) is 0 Å². The smallest absolute Gasteiger partial charge is 0.317 e. The Labute approximate surface area is 134 Å². The van der Waals surface area contributed by atoms with Crippen molar-refractivity contribution >= 4 is 21.9 Å². The zero-order chi connectivity index (χ0) is 15.2. The quantitative estimate of drug-likeness (QED) is 0.881. The maximum Gasteiger partial charge on any atom is 0.317 e. The van der Waals surface area contributed by atoms with Crippen LogP contribution in [-0.2, 0) is 11.2 Å². The molecule has 4 nitrogen and oxygen atoms in total. The summed E-state index contributed by atoms with van der Waals surface area (Å²) in [5.74, 6) is -0.730. The molecule has 1 saturated heterocycles. The minimum Gasteiger partial charge on any atom is -0.480 e. The number of benzene rings is 1. The number of aliphatic carboxylic acids is 1. The van der Waals surface area contributed by atoms with Crippen LogP contribution in [0.4, 0.5) is 0 Å². The molecule has 1 aromatic carbocycles. The predicted octanol–water partition coefficient (Wildman–Crippen LogP) is 2.47. The Hall–Kier alpha value is -0.910. The zero-order valence-electron chi connectivity index (χ0n) is 12.5. The summed E-state index contributed by atoms with van der Waals surface area (Å²) >= 11 is 3.46. The van der Waals surface area contributed by atoms with Crippen molar-refractivity contribution in [3.05, 3.63) is 34.3 Å². The standard InChI is InChI=1S/C16H23BrN2O2/c1-13(11-14-3-5-15(17)6-4-14)19-8-2-7-18(9-10-19)12-16(20)21/h3-6,13H,2,7-12H2,1H3,(H,20,21). The third-order valence-corrected chi connectivity index (χ3v) is 4.58. The molecule has 1 aromatic rings. The molecule has 21 heavy (non-hydrogen) atoms. The van der Waals surface area contributed by atoms with Crippen LogP contribution < -0.4 is 0 Å². The van der Waals surface area contributed by atoms with Crippen LogP contribution in [0.5, 0.6) is 0 Å².